The van der Waals surface area contributed by atoms with Crippen LogP contribution in [0.4, 0.5) is 0 Å². The molecule has 0 radical (unpaired) electrons. The quantitative estimate of drug-likeness (QED) is 0.816. The summed E-state index contributed by atoms with van der Waals surface area (Å²) in [6.07, 6.45) is 7.97. The highest BCUT2D eigenvalue weighted by Crippen LogP contribution is 2.31. The fourth-order valence-electron chi connectivity index (χ4n) is 3.29. The van der Waals surface area contributed by atoms with Crippen molar-refractivity contribution in [1.82, 2.24) is 14.9 Å². The van der Waals surface area contributed by atoms with Crippen molar-refractivity contribution in [1.29, 1.82) is 0 Å². The lowest BCUT2D eigenvalue weighted by Crippen LogP contribution is -2.35. The van der Waals surface area contributed by atoms with Crippen LogP contribution >= 0.6 is 0 Å². The predicted molar refractivity (Wildman–Crippen MR) is 96.4 cm³/mol. The van der Waals surface area contributed by atoms with E-state index in [9.17, 15) is 0 Å². The highest BCUT2D eigenvalue weighted by atomic mass is 15.2. The van der Waals surface area contributed by atoms with Crippen molar-refractivity contribution in [2.45, 2.75) is 46.1 Å². The van der Waals surface area contributed by atoms with E-state index in [1.165, 1.54) is 36.0 Å². The summed E-state index contributed by atoms with van der Waals surface area (Å²) in [6.45, 7) is 8.66. The van der Waals surface area contributed by atoms with Crippen LogP contribution in [0.2, 0.25) is 0 Å². The van der Waals surface area contributed by atoms with Crippen LogP contribution in [0.5, 0.6) is 0 Å². The van der Waals surface area contributed by atoms with Gasteiger partial charge in [0.1, 0.15) is 5.82 Å². The van der Waals surface area contributed by atoms with Crippen molar-refractivity contribution in [3.8, 4) is 11.3 Å². The van der Waals surface area contributed by atoms with Gasteiger partial charge in [-0.05, 0) is 45.7 Å². The van der Waals surface area contributed by atoms with E-state index in [2.05, 4.69) is 61.0 Å². The molecular formula is C20H27N3. The van der Waals surface area contributed by atoms with E-state index in [1.807, 2.05) is 6.20 Å². The Bertz CT molecular complexity index is 666. The summed E-state index contributed by atoms with van der Waals surface area (Å²) in [5, 5.41) is 0. The molecule has 1 aliphatic heterocycles. The molecule has 0 bridgehead atoms. The zero-order valence-corrected chi connectivity index (χ0v) is 14.5. The van der Waals surface area contributed by atoms with Gasteiger partial charge in [0.05, 0.1) is 17.9 Å². The molecule has 2 aromatic rings. The summed E-state index contributed by atoms with van der Waals surface area (Å²) in [7, 11) is 0. The van der Waals surface area contributed by atoms with Gasteiger partial charge in [0.15, 0.2) is 0 Å². The lowest BCUT2D eigenvalue weighted by atomic mass is 10.0. The Hall–Kier alpha value is -1.87. The van der Waals surface area contributed by atoms with E-state index < -0.39 is 0 Å². The van der Waals surface area contributed by atoms with Crippen molar-refractivity contribution in [2.24, 2.45) is 0 Å². The van der Waals surface area contributed by atoms with Gasteiger partial charge in [-0.2, -0.15) is 0 Å². The van der Waals surface area contributed by atoms with Gasteiger partial charge in [0.2, 0.25) is 0 Å². The molecule has 0 amide bonds. The highest BCUT2D eigenvalue weighted by molar-refractivity contribution is 5.58. The van der Waals surface area contributed by atoms with Crippen molar-refractivity contribution < 1.29 is 0 Å². The Labute approximate surface area is 139 Å². The molecule has 1 atom stereocenters. The number of nitrogens with zero attached hydrogens (tertiary/aromatic N) is 2. The molecule has 1 fully saturated rings. The second kappa shape index (κ2) is 7.14. The van der Waals surface area contributed by atoms with E-state index >= 15 is 0 Å². The summed E-state index contributed by atoms with van der Waals surface area (Å²) in [6, 6.07) is 9.04. The topological polar surface area (TPSA) is 31.9 Å². The zero-order valence-electron chi connectivity index (χ0n) is 14.5. The number of likely N-dealkylation sites (tertiary alicyclic amines) is 1. The molecule has 1 aliphatic rings. The second-order valence-electron chi connectivity index (χ2n) is 6.67. The maximum Gasteiger partial charge on any atom is 0.123 e. The normalized spacial score (nSPS) is 20.0. The summed E-state index contributed by atoms with van der Waals surface area (Å²) < 4.78 is 0. The first kappa shape index (κ1) is 16.0. The number of allylic oxidation sites excluding steroid dienone is 1. The first-order valence-corrected chi connectivity index (χ1v) is 8.65. The third kappa shape index (κ3) is 3.73. The fourth-order valence-corrected chi connectivity index (χ4v) is 3.29. The average Bonchev–Trinajstić information content (AvgIpc) is 3.05. The summed E-state index contributed by atoms with van der Waals surface area (Å²) >= 11 is 0. The number of imidazole rings is 1. The Balaban J connectivity index is 1.81. The highest BCUT2D eigenvalue weighted by Gasteiger charge is 2.26. The molecule has 0 spiro atoms. The van der Waals surface area contributed by atoms with Crippen molar-refractivity contribution in [3.63, 3.8) is 0 Å². The first-order valence-electron chi connectivity index (χ1n) is 8.65. The van der Waals surface area contributed by atoms with Crippen LogP contribution in [0.3, 0.4) is 0 Å². The van der Waals surface area contributed by atoms with E-state index in [0.717, 1.165) is 24.6 Å². The van der Waals surface area contributed by atoms with E-state index in [4.69, 9.17) is 4.98 Å². The third-order valence-corrected chi connectivity index (χ3v) is 4.83. The van der Waals surface area contributed by atoms with Crippen LogP contribution in [-0.2, 0) is 0 Å². The van der Waals surface area contributed by atoms with Gasteiger partial charge in [-0.25, -0.2) is 4.98 Å². The summed E-state index contributed by atoms with van der Waals surface area (Å²) in [5.74, 6) is 1.11. The number of aromatic amines is 1. The van der Waals surface area contributed by atoms with Crippen molar-refractivity contribution in [2.75, 3.05) is 13.1 Å². The average molecular weight is 309 g/mol. The predicted octanol–water partition coefficient (Wildman–Crippen LogP) is 4.88. The van der Waals surface area contributed by atoms with E-state index in [1.54, 1.807) is 0 Å². The number of nitrogens with one attached hydrogen (secondary N) is 1. The zero-order chi connectivity index (χ0) is 16.2. The maximum absolute atomic E-state index is 4.71. The smallest absolute Gasteiger partial charge is 0.123 e. The maximum atomic E-state index is 4.71. The Kier molecular flexibility index (Phi) is 4.97. The molecule has 0 saturated carbocycles. The van der Waals surface area contributed by atoms with Crippen LogP contribution in [0.1, 0.15) is 50.5 Å². The number of hydrogen-bond donors (Lipinski definition) is 1. The number of aryl methyl sites for hydroxylation is 1. The minimum absolute atomic E-state index is 0.415. The fraction of sp³-hybridized carbons (Fsp3) is 0.450. The van der Waals surface area contributed by atoms with E-state index in [-0.39, 0.29) is 0 Å². The molecular weight excluding hydrogens is 282 g/mol. The standard InChI is InChI=1S/C20H27N3/c1-4-15(2)14-23-12-6-5-7-19(23)20-21-13-18(22-20)17-10-8-16(3)9-11-17/h4,8-11,13,19H,5-7,12,14H2,1-3H3,(H,21,22)/b15-4+. The summed E-state index contributed by atoms with van der Waals surface area (Å²) in [4.78, 5) is 10.8. The molecule has 1 saturated heterocycles. The molecule has 1 unspecified atom stereocenters. The molecule has 3 nitrogen and oxygen atoms in total. The number of aromatic nitrogens is 2. The van der Waals surface area contributed by atoms with Gasteiger partial charge in [-0.15, -0.1) is 0 Å². The van der Waals surface area contributed by atoms with Crippen molar-refractivity contribution in [3.05, 3.63) is 53.5 Å². The van der Waals surface area contributed by atoms with Crippen LogP contribution in [0.25, 0.3) is 11.3 Å². The lowest BCUT2D eigenvalue weighted by Gasteiger charge is -2.34. The van der Waals surface area contributed by atoms with Gasteiger partial charge >= 0.3 is 0 Å². The lowest BCUT2D eigenvalue weighted by molar-refractivity contribution is 0.156. The van der Waals surface area contributed by atoms with Crippen LogP contribution in [0, 0.1) is 6.92 Å². The third-order valence-electron chi connectivity index (χ3n) is 4.83. The number of H-pyrrole nitrogens is 1. The first-order chi connectivity index (χ1) is 11.2. The molecule has 2 heterocycles. The Morgan fingerprint density at radius 3 is 2.83 bits per heavy atom. The van der Waals surface area contributed by atoms with Crippen molar-refractivity contribution >= 4 is 0 Å². The van der Waals surface area contributed by atoms with E-state index in [0.29, 0.717) is 6.04 Å². The van der Waals surface area contributed by atoms with Gasteiger partial charge in [-0.1, -0.05) is 47.9 Å². The van der Waals surface area contributed by atoms with Gasteiger partial charge in [0.25, 0.3) is 0 Å². The van der Waals surface area contributed by atoms with Gasteiger partial charge < -0.3 is 4.98 Å². The monoisotopic (exact) mass is 309 g/mol. The number of benzene rings is 1. The number of rotatable bonds is 4. The van der Waals surface area contributed by atoms with Crippen LogP contribution in [0.15, 0.2) is 42.1 Å². The number of piperidine rings is 1. The molecule has 23 heavy (non-hydrogen) atoms. The minimum atomic E-state index is 0.415. The number of hydrogen-bond acceptors (Lipinski definition) is 2. The SMILES string of the molecule is C/C=C(\C)CN1CCCCC1c1ncc(-c2ccc(C)cc2)[nH]1. The molecule has 0 aliphatic carbocycles. The summed E-state index contributed by atoms with van der Waals surface area (Å²) in [5.41, 5.74) is 5.05. The van der Waals surface area contributed by atoms with Crippen LogP contribution in [-0.4, -0.2) is 28.0 Å². The largest absolute Gasteiger partial charge is 0.341 e. The van der Waals surface area contributed by atoms with Gasteiger partial charge in [-0.3, -0.25) is 4.90 Å². The van der Waals surface area contributed by atoms with Gasteiger partial charge in [0, 0.05) is 6.54 Å². The van der Waals surface area contributed by atoms with Crippen LogP contribution < -0.4 is 0 Å². The molecule has 1 aromatic heterocycles. The Morgan fingerprint density at radius 1 is 1.30 bits per heavy atom. The molecule has 3 heteroatoms. The minimum Gasteiger partial charge on any atom is -0.341 e. The second-order valence-corrected chi connectivity index (χ2v) is 6.67. The molecule has 3 rings (SSSR count). The molecule has 122 valence electrons. The molecule has 1 aromatic carbocycles. The molecule has 1 N–H and O–H groups in total. The Morgan fingerprint density at radius 2 is 2.09 bits per heavy atom.